The molecule has 2 rings (SSSR count). The van der Waals surface area contributed by atoms with Crippen LogP contribution in [0.1, 0.15) is 92.9 Å². The summed E-state index contributed by atoms with van der Waals surface area (Å²) in [4.78, 5) is 0. The third-order valence-electron chi connectivity index (χ3n) is 8.10. The summed E-state index contributed by atoms with van der Waals surface area (Å²) in [5.41, 5.74) is 1.96. The van der Waals surface area contributed by atoms with E-state index in [0.717, 1.165) is 12.8 Å². The van der Waals surface area contributed by atoms with Crippen molar-refractivity contribution in [3.8, 4) is 0 Å². The zero-order valence-corrected chi connectivity index (χ0v) is 21.8. The first-order valence-electron chi connectivity index (χ1n) is 11.8. The van der Waals surface area contributed by atoms with Gasteiger partial charge in [0.05, 0.1) is 5.60 Å². The zero-order valence-electron chi connectivity index (χ0n) is 20.8. The molecule has 0 aromatic rings. The molecule has 0 amide bonds. The lowest BCUT2D eigenvalue weighted by Gasteiger charge is -2.47. The lowest BCUT2D eigenvalue weighted by molar-refractivity contribution is -0.117. The largest absolute Gasteiger partial charge is 0.414 e. The Balaban J connectivity index is 1.98. The Morgan fingerprint density at radius 1 is 1.14 bits per heavy atom. The summed E-state index contributed by atoms with van der Waals surface area (Å²) in [5.74, 6) is 0.707. The first-order chi connectivity index (χ1) is 13.3. The van der Waals surface area contributed by atoms with E-state index in [0.29, 0.717) is 24.2 Å². The molecule has 0 bridgehead atoms. The van der Waals surface area contributed by atoms with Crippen LogP contribution >= 0.6 is 0 Å². The van der Waals surface area contributed by atoms with Crippen molar-refractivity contribution >= 4 is 8.32 Å². The molecule has 3 atom stereocenters. The second kappa shape index (κ2) is 9.54. The average Bonchev–Trinajstić information content (AvgIpc) is 2.93. The van der Waals surface area contributed by atoms with Crippen LogP contribution in [0.3, 0.4) is 0 Å². The molecule has 29 heavy (non-hydrogen) atoms. The molecule has 0 saturated heterocycles. The molecule has 2 fully saturated rings. The maximum absolute atomic E-state index is 6.96. The summed E-state index contributed by atoms with van der Waals surface area (Å²) < 4.78 is 17.8. The molecule has 0 aliphatic heterocycles. The Morgan fingerprint density at radius 3 is 2.45 bits per heavy atom. The highest BCUT2D eigenvalue weighted by atomic mass is 28.4. The van der Waals surface area contributed by atoms with Crippen molar-refractivity contribution in [2.75, 3.05) is 13.9 Å². The number of fused-ring (bicyclic) bond motifs is 1. The van der Waals surface area contributed by atoms with Crippen molar-refractivity contribution < 1.29 is 13.9 Å². The van der Waals surface area contributed by atoms with Gasteiger partial charge >= 0.3 is 0 Å². The minimum Gasteiger partial charge on any atom is -0.414 e. The summed E-state index contributed by atoms with van der Waals surface area (Å²) in [6, 6.07) is 0. The third kappa shape index (κ3) is 6.18. The van der Waals surface area contributed by atoms with E-state index >= 15 is 0 Å². The quantitative estimate of drug-likeness (QED) is 0.166. The number of hydrogen-bond donors (Lipinski definition) is 0. The van der Waals surface area contributed by atoms with E-state index in [9.17, 15) is 0 Å². The van der Waals surface area contributed by atoms with E-state index in [2.05, 4.69) is 60.7 Å². The van der Waals surface area contributed by atoms with Gasteiger partial charge < -0.3 is 13.9 Å². The Labute approximate surface area is 182 Å². The van der Waals surface area contributed by atoms with Crippen LogP contribution in [-0.4, -0.2) is 33.9 Å². The molecule has 3 nitrogen and oxygen atoms in total. The fourth-order valence-corrected chi connectivity index (χ4v) is 6.49. The monoisotopic (exact) mass is 424 g/mol. The van der Waals surface area contributed by atoms with Crippen LogP contribution in [0.25, 0.3) is 0 Å². The fourth-order valence-electron chi connectivity index (χ4n) is 5.09. The second-order valence-corrected chi connectivity index (χ2v) is 16.6. The lowest BCUT2D eigenvalue weighted by Crippen LogP contribution is -2.49. The first-order valence-corrected chi connectivity index (χ1v) is 14.7. The molecule has 0 aromatic carbocycles. The highest BCUT2D eigenvalue weighted by Gasteiger charge is 2.51. The van der Waals surface area contributed by atoms with E-state index < -0.39 is 8.32 Å². The van der Waals surface area contributed by atoms with Crippen LogP contribution in [0, 0.1) is 11.3 Å². The highest BCUT2D eigenvalue weighted by molar-refractivity contribution is 6.74. The summed E-state index contributed by atoms with van der Waals surface area (Å²) in [6.07, 6.45) is 12.9. The molecule has 0 spiro atoms. The summed E-state index contributed by atoms with van der Waals surface area (Å²) in [5, 5.41) is 0.288. The van der Waals surface area contributed by atoms with Crippen molar-refractivity contribution in [1.82, 2.24) is 0 Å². The maximum Gasteiger partial charge on any atom is 0.192 e. The van der Waals surface area contributed by atoms with Gasteiger partial charge in [0.25, 0.3) is 0 Å². The molecular formula is C25H48O3Si. The highest BCUT2D eigenvalue weighted by Crippen LogP contribution is 2.57. The van der Waals surface area contributed by atoms with Gasteiger partial charge in [-0.2, -0.15) is 0 Å². The van der Waals surface area contributed by atoms with Crippen LogP contribution in [0.15, 0.2) is 11.6 Å². The molecule has 0 radical (unpaired) electrons. The Morgan fingerprint density at radius 2 is 1.83 bits per heavy atom. The van der Waals surface area contributed by atoms with Gasteiger partial charge in [-0.3, -0.25) is 0 Å². The van der Waals surface area contributed by atoms with Crippen LogP contribution in [0.2, 0.25) is 18.1 Å². The van der Waals surface area contributed by atoms with E-state index in [1.165, 1.54) is 38.5 Å². The smallest absolute Gasteiger partial charge is 0.192 e. The Hall–Kier alpha value is -0.163. The van der Waals surface area contributed by atoms with E-state index in [1.807, 2.05) is 0 Å². The molecule has 0 N–H and O–H groups in total. The van der Waals surface area contributed by atoms with Crippen molar-refractivity contribution in [3.63, 3.8) is 0 Å². The van der Waals surface area contributed by atoms with E-state index in [4.69, 9.17) is 13.9 Å². The molecule has 4 heteroatoms. The average molecular weight is 425 g/mol. The van der Waals surface area contributed by atoms with Gasteiger partial charge in [-0.15, -0.1) is 0 Å². The molecule has 0 unspecified atom stereocenters. The van der Waals surface area contributed by atoms with Gasteiger partial charge in [0.15, 0.2) is 8.32 Å². The molecule has 0 aromatic heterocycles. The fraction of sp³-hybridized carbons (Fsp3) is 0.920. The summed E-state index contributed by atoms with van der Waals surface area (Å²) in [7, 11) is -0.0296. The van der Waals surface area contributed by atoms with E-state index in [1.54, 1.807) is 12.7 Å². The first kappa shape index (κ1) is 25.1. The maximum atomic E-state index is 6.96. The van der Waals surface area contributed by atoms with Gasteiger partial charge in [0.2, 0.25) is 0 Å². The second-order valence-electron chi connectivity index (χ2n) is 11.8. The number of allylic oxidation sites excluding steroid dienone is 2. The lowest BCUT2D eigenvalue weighted by atomic mass is 9.66. The van der Waals surface area contributed by atoms with Gasteiger partial charge in [0.1, 0.15) is 6.79 Å². The van der Waals surface area contributed by atoms with Crippen LogP contribution in [-0.2, 0) is 13.9 Å². The van der Waals surface area contributed by atoms with Crippen LogP contribution in [0.5, 0.6) is 0 Å². The number of methoxy groups -OCH3 is 1. The van der Waals surface area contributed by atoms with Gasteiger partial charge in [0, 0.05) is 13.2 Å². The van der Waals surface area contributed by atoms with Crippen molar-refractivity contribution in [2.24, 2.45) is 11.3 Å². The van der Waals surface area contributed by atoms with Crippen LogP contribution in [0.4, 0.5) is 0 Å². The minimum atomic E-state index is -1.71. The molecule has 2 saturated carbocycles. The predicted octanol–water partition coefficient (Wildman–Crippen LogP) is 7.47. The van der Waals surface area contributed by atoms with Gasteiger partial charge in [-0.25, -0.2) is 0 Å². The number of unbranched alkanes of at least 4 members (excludes halogenated alkanes) is 1. The number of ether oxygens (including phenoxy) is 2. The van der Waals surface area contributed by atoms with Crippen molar-refractivity contribution in [3.05, 3.63) is 11.6 Å². The van der Waals surface area contributed by atoms with Gasteiger partial charge in [-0.05, 0) is 88.3 Å². The number of rotatable bonds is 9. The van der Waals surface area contributed by atoms with Gasteiger partial charge in [-0.1, -0.05) is 45.8 Å². The molecule has 2 aliphatic carbocycles. The Bertz CT molecular complexity index is 561. The zero-order chi connectivity index (χ0) is 21.9. The molecule has 170 valence electrons. The van der Waals surface area contributed by atoms with Crippen molar-refractivity contribution in [1.29, 1.82) is 0 Å². The third-order valence-corrected chi connectivity index (χ3v) is 12.6. The summed E-state index contributed by atoms with van der Waals surface area (Å²) >= 11 is 0. The van der Waals surface area contributed by atoms with Crippen molar-refractivity contribution in [2.45, 2.75) is 123 Å². The minimum absolute atomic E-state index is 0.108. The molecular weight excluding hydrogens is 376 g/mol. The van der Waals surface area contributed by atoms with Crippen LogP contribution < -0.4 is 0 Å². The Kier molecular flexibility index (Phi) is 8.26. The van der Waals surface area contributed by atoms with E-state index in [-0.39, 0.29) is 10.6 Å². The summed E-state index contributed by atoms with van der Waals surface area (Å²) in [6.45, 7) is 19.1. The number of hydrogen-bond acceptors (Lipinski definition) is 3. The normalized spacial score (nSPS) is 30.0. The predicted molar refractivity (Wildman–Crippen MR) is 126 cm³/mol. The molecule has 2 aliphatic rings. The topological polar surface area (TPSA) is 27.7 Å². The SMILES string of the molecule is COCOC(C)(C)CCC/C=C1/CC[C@H]2[C@@H](O[Si](C)(C)C(C)(C)C)CCC[C@]12C. The molecule has 0 heterocycles. The standard InChI is InChI=1S/C25H48O3Si/c1-23(2,3)29(8,9)28-22-14-12-18-25(6)20(15-16-21(22)25)13-10-11-17-24(4,5)27-19-26-7/h13,21-22H,10-12,14-19H2,1-9H3/b20-13-/t21-,22-,25+/m0/s1.